The van der Waals surface area contributed by atoms with Crippen molar-refractivity contribution < 1.29 is 9.53 Å². The molecule has 0 aromatic heterocycles. The molecule has 1 aromatic rings. The number of halogens is 1. The second kappa shape index (κ2) is 5.71. The number of nitrogens with zero attached hydrogens (tertiary/aromatic N) is 1. The molecular formula is C13H13BrN2O2S. The molecule has 100 valence electrons. The lowest BCUT2D eigenvalue weighted by Crippen LogP contribution is -2.30. The zero-order valence-corrected chi connectivity index (χ0v) is 13.0. The summed E-state index contributed by atoms with van der Waals surface area (Å²) < 4.78 is 6.00. The van der Waals surface area contributed by atoms with Crippen LogP contribution >= 0.6 is 28.1 Å². The SMILES string of the molecule is CCN1C(=O)/C(=C\c2ccc(OC)c(Br)c2)NC1=S. The number of thiocarbonyl (C=S) groups is 1. The molecule has 0 spiro atoms. The minimum atomic E-state index is -0.0977. The average Bonchev–Trinajstić information content (AvgIpc) is 2.64. The van der Waals surface area contributed by atoms with E-state index in [0.29, 0.717) is 17.4 Å². The Hall–Kier alpha value is -1.40. The number of ether oxygens (including phenoxy) is 1. The normalized spacial score (nSPS) is 17.0. The van der Waals surface area contributed by atoms with Gasteiger partial charge in [0, 0.05) is 6.54 Å². The van der Waals surface area contributed by atoms with E-state index in [9.17, 15) is 4.79 Å². The van der Waals surface area contributed by atoms with Gasteiger partial charge in [0.05, 0.1) is 11.6 Å². The van der Waals surface area contributed by atoms with Crippen LogP contribution in [0.5, 0.6) is 5.75 Å². The standard InChI is InChI=1S/C13H13BrN2O2S/c1-3-16-12(17)10(15-13(16)19)7-8-4-5-11(18-2)9(14)6-8/h4-7H,3H2,1-2H3,(H,15,19)/b10-7+. The van der Waals surface area contributed by atoms with Crippen LogP contribution in [0.25, 0.3) is 6.08 Å². The molecule has 2 rings (SSSR count). The molecule has 0 radical (unpaired) electrons. The van der Waals surface area contributed by atoms with E-state index >= 15 is 0 Å². The van der Waals surface area contributed by atoms with Crippen LogP contribution in [0, 0.1) is 0 Å². The molecule has 1 saturated heterocycles. The van der Waals surface area contributed by atoms with Gasteiger partial charge >= 0.3 is 0 Å². The first-order valence-electron chi connectivity index (χ1n) is 5.75. The Kier molecular flexibility index (Phi) is 4.21. The van der Waals surface area contributed by atoms with Gasteiger partial charge in [-0.25, -0.2) is 0 Å². The lowest BCUT2D eigenvalue weighted by atomic mass is 10.2. The number of hydrogen-bond acceptors (Lipinski definition) is 3. The van der Waals surface area contributed by atoms with Crippen molar-refractivity contribution in [3.05, 3.63) is 33.9 Å². The Morgan fingerprint density at radius 3 is 2.79 bits per heavy atom. The van der Waals surface area contributed by atoms with Crippen LogP contribution in [0.4, 0.5) is 0 Å². The maximum absolute atomic E-state index is 12.0. The first-order valence-corrected chi connectivity index (χ1v) is 6.95. The molecule has 1 heterocycles. The molecule has 4 nitrogen and oxygen atoms in total. The third-order valence-corrected chi connectivity index (χ3v) is 3.71. The Labute approximate surface area is 125 Å². The van der Waals surface area contributed by atoms with E-state index in [-0.39, 0.29) is 5.91 Å². The number of carbonyl (C=O) groups is 1. The molecule has 0 saturated carbocycles. The van der Waals surface area contributed by atoms with Crippen molar-refractivity contribution in [2.75, 3.05) is 13.7 Å². The van der Waals surface area contributed by atoms with Gasteiger partial charge in [-0.05, 0) is 58.8 Å². The molecule has 0 bridgehead atoms. The third kappa shape index (κ3) is 2.79. The van der Waals surface area contributed by atoms with Crippen molar-refractivity contribution >= 4 is 45.2 Å². The predicted octanol–water partition coefficient (Wildman–Crippen LogP) is 2.54. The highest BCUT2D eigenvalue weighted by molar-refractivity contribution is 9.10. The van der Waals surface area contributed by atoms with E-state index in [1.807, 2.05) is 25.1 Å². The number of nitrogens with one attached hydrogen (secondary N) is 1. The van der Waals surface area contributed by atoms with Gasteiger partial charge in [-0.1, -0.05) is 6.07 Å². The van der Waals surface area contributed by atoms with Gasteiger partial charge in [0.1, 0.15) is 11.4 Å². The number of hydrogen-bond donors (Lipinski definition) is 1. The summed E-state index contributed by atoms with van der Waals surface area (Å²) in [6.07, 6.45) is 1.77. The van der Waals surface area contributed by atoms with Crippen molar-refractivity contribution in [1.82, 2.24) is 10.2 Å². The number of rotatable bonds is 3. The predicted molar refractivity (Wildman–Crippen MR) is 81.8 cm³/mol. The highest BCUT2D eigenvalue weighted by atomic mass is 79.9. The van der Waals surface area contributed by atoms with Gasteiger partial charge in [-0.15, -0.1) is 0 Å². The Morgan fingerprint density at radius 2 is 2.26 bits per heavy atom. The van der Waals surface area contributed by atoms with Gasteiger partial charge in [0.15, 0.2) is 5.11 Å². The molecular weight excluding hydrogens is 328 g/mol. The first kappa shape index (κ1) is 14.0. The molecule has 0 aliphatic carbocycles. The van der Waals surface area contributed by atoms with Crippen LogP contribution in [0.3, 0.4) is 0 Å². The summed E-state index contributed by atoms with van der Waals surface area (Å²) >= 11 is 8.51. The van der Waals surface area contributed by atoms with E-state index in [4.69, 9.17) is 17.0 Å². The smallest absolute Gasteiger partial charge is 0.276 e. The van der Waals surface area contributed by atoms with E-state index in [2.05, 4.69) is 21.2 Å². The average molecular weight is 341 g/mol. The van der Waals surface area contributed by atoms with E-state index in [0.717, 1.165) is 15.8 Å². The minimum absolute atomic E-state index is 0.0977. The summed E-state index contributed by atoms with van der Waals surface area (Å²) in [5, 5.41) is 3.37. The molecule has 1 fully saturated rings. The van der Waals surface area contributed by atoms with Crippen LogP contribution in [0.1, 0.15) is 12.5 Å². The lowest BCUT2D eigenvalue weighted by Gasteiger charge is -2.08. The summed E-state index contributed by atoms with van der Waals surface area (Å²) in [5.41, 5.74) is 1.38. The van der Waals surface area contributed by atoms with Gasteiger partial charge in [0.25, 0.3) is 5.91 Å². The summed E-state index contributed by atoms with van der Waals surface area (Å²) in [6.45, 7) is 2.45. The van der Waals surface area contributed by atoms with Crippen LogP contribution in [0.2, 0.25) is 0 Å². The fourth-order valence-corrected chi connectivity index (χ4v) is 2.68. The molecule has 1 aliphatic rings. The summed E-state index contributed by atoms with van der Waals surface area (Å²) in [6, 6.07) is 5.60. The maximum Gasteiger partial charge on any atom is 0.276 e. The fourth-order valence-electron chi connectivity index (χ4n) is 1.80. The van der Waals surface area contributed by atoms with Crippen molar-refractivity contribution in [3.63, 3.8) is 0 Å². The molecule has 1 N–H and O–H groups in total. The number of benzene rings is 1. The first-order chi connectivity index (χ1) is 9.06. The van der Waals surface area contributed by atoms with Gasteiger partial charge in [-0.2, -0.15) is 0 Å². The zero-order chi connectivity index (χ0) is 14.0. The second-order valence-corrected chi connectivity index (χ2v) is 5.17. The van der Waals surface area contributed by atoms with Crippen LogP contribution in [-0.2, 0) is 4.79 Å². The highest BCUT2D eigenvalue weighted by Gasteiger charge is 2.28. The monoisotopic (exact) mass is 340 g/mol. The Bertz CT molecular complexity index is 572. The molecule has 1 amide bonds. The minimum Gasteiger partial charge on any atom is -0.496 e. The van der Waals surface area contributed by atoms with Crippen LogP contribution < -0.4 is 10.1 Å². The second-order valence-electron chi connectivity index (χ2n) is 3.93. The quantitative estimate of drug-likeness (QED) is 0.678. The lowest BCUT2D eigenvalue weighted by molar-refractivity contribution is -0.122. The van der Waals surface area contributed by atoms with Gasteiger partial charge in [-0.3, -0.25) is 9.69 Å². The summed E-state index contributed by atoms with van der Waals surface area (Å²) in [5.74, 6) is 0.651. The van der Waals surface area contributed by atoms with E-state index < -0.39 is 0 Å². The number of amides is 1. The van der Waals surface area contributed by atoms with Crippen molar-refractivity contribution in [2.24, 2.45) is 0 Å². The number of carbonyl (C=O) groups excluding carboxylic acids is 1. The molecule has 1 aromatic carbocycles. The molecule has 0 atom stereocenters. The van der Waals surface area contributed by atoms with Gasteiger partial charge in [0.2, 0.25) is 0 Å². The largest absolute Gasteiger partial charge is 0.496 e. The Morgan fingerprint density at radius 1 is 1.53 bits per heavy atom. The summed E-state index contributed by atoms with van der Waals surface area (Å²) in [7, 11) is 1.61. The van der Waals surface area contributed by atoms with Crippen molar-refractivity contribution in [3.8, 4) is 5.75 Å². The van der Waals surface area contributed by atoms with E-state index in [1.54, 1.807) is 13.2 Å². The van der Waals surface area contributed by atoms with E-state index in [1.165, 1.54) is 4.90 Å². The molecule has 0 unspecified atom stereocenters. The van der Waals surface area contributed by atoms with Gasteiger partial charge < -0.3 is 10.1 Å². The topological polar surface area (TPSA) is 41.6 Å². The van der Waals surface area contributed by atoms with Crippen molar-refractivity contribution in [1.29, 1.82) is 0 Å². The maximum atomic E-state index is 12.0. The Balaban J connectivity index is 2.30. The number of likely N-dealkylation sites (N-methyl/N-ethyl adjacent to an activating group) is 1. The van der Waals surface area contributed by atoms with Crippen LogP contribution in [0.15, 0.2) is 28.4 Å². The number of methoxy groups -OCH3 is 1. The molecule has 19 heavy (non-hydrogen) atoms. The zero-order valence-electron chi connectivity index (χ0n) is 10.6. The van der Waals surface area contributed by atoms with Crippen molar-refractivity contribution in [2.45, 2.75) is 6.92 Å². The molecule has 1 aliphatic heterocycles. The molecule has 6 heteroatoms. The summed E-state index contributed by atoms with van der Waals surface area (Å²) in [4.78, 5) is 13.6. The third-order valence-electron chi connectivity index (χ3n) is 2.77. The van der Waals surface area contributed by atoms with Crippen LogP contribution in [-0.4, -0.2) is 29.6 Å². The highest BCUT2D eigenvalue weighted by Crippen LogP contribution is 2.26. The fraction of sp³-hybridized carbons (Fsp3) is 0.231.